The number of benzene rings is 2. The van der Waals surface area contributed by atoms with E-state index in [-0.39, 0.29) is 46.2 Å². The summed E-state index contributed by atoms with van der Waals surface area (Å²) in [7, 11) is 0. The van der Waals surface area contributed by atoms with Crippen molar-refractivity contribution in [3.63, 3.8) is 0 Å². The van der Waals surface area contributed by atoms with Gasteiger partial charge in [-0.3, -0.25) is 9.59 Å². The summed E-state index contributed by atoms with van der Waals surface area (Å²) in [5.41, 5.74) is 6.16. The minimum Gasteiger partial charge on any atom is -0.396 e. The van der Waals surface area contributed by atoms with Crippen molar-refractivity contribution in [3.05, 3.63) is 57.6 Å². The van der Waals surface area contributed by atoms with Gasteiger partial charge in [0.25, 0.3) is 5.91 Å². The number of nitrogen functional groups attached to an aromatic ring is 1. The van der Waals surface area contributed by atoms with Crippen LogP contribution in [0.2, 0.25) is 10.0 Å². The second-order valence-corrected chi connectivity index (χ2v) is 7.35. The lowest BCUT2D eigenvalue weighted by Gasteiger charge is -2.31. The fourth-order valence-corrected chi connectivity index (χ4v) is 3.57. The molecular weight excluding hydrogens is 411 g/mol. The number of likely N-dealkylation sites (tertiary alicyclic amines) is 1. The fourth-order valence-electron chi connectivity index (χ4n) is 3.08. The number of piperidine rings is 1. The number of nitrogens with zero attached hydrogens (tertiary/aromatic N) is 1. The lowest BCUT2D eigenvalue weighted by atomic mass is 9.95. The first kappa shape index (κ1) is 20.4. The lowest BCUT2D eigenvalue weighted by Crippen LogP contribution is -2.41. The van der Waals surface area contributed by atoms with Crippen molar-refractivity contribution in [1.29, 1.82) is 0 Å². The maximum Gasteiger partial charge on any atom is 0.256 e. The van der Waals surface area contributed by atoms with Gasteiger partial charge in [0.2, 0.25) is 5.91 Å². The molecule has 2 amide bonds. The number of rotatable bonds is 3. The Labute approximate surface area is 170 Å². The molecule has 0 aromatic heterocycles. The van der Waals surface area contributed by atoms with E-state index in [0.717, 1.165) is 12.1 Å². The molecule has 1 saturated heterocycles. The number of amides is 2. The molecule has 9 heteroatoms. The van der Waals surface area contributed by atoms with Crippen LogP contribution < -0.4 is 11.1 Å². The highest BCUT2D eigenvalue weighted by molar-refractivity contribution is 6.39. The number of nitrogens with one attached hydrogen (secondary N) is 1. The number of anilines is 2. The van der Waals surface area contributed by atoms with Gasteiger partial charge in [-0.05, 0) is 37.1 Å². The zero-order valence-corrected chi connectivity index (χ0v) is 16.2. The maximum atomic E-state index is 13.8. The van der Waals surface area contributed by atoms with Crippen LogP contribution in [0.4, 0.5) is 20.2 Å². The third-order valence-corrected chi connectivity index (χ3v) is 5.29. The fraction of sp³-hybridized carbons (Fsp3) is 0.263. The molecule has 5 nitrogen and oxygen atoms in total. The van der Waals surface area contributed by atoms with Crippen molar-refractivity contribution >= 4 is 46.4 Å². The zero-order valence-electron chi connectivity index (χ0n) is 14.6. The van der Waals surface area contributed by atoms with Gasteiger partial charge in [-0.25, -0.2) is 8.78 Å². The lowest BCUT2D eigenvalue weighted by molar-refractivity contribution is -0.121. The van der Waals surface area contributed by atoms with Crippen LogP contribution in [0.1, 0.15) is 23.2 Å². The monoisotopic (exact) mass is 427 g/mol. The standard InChI is InChI=1S/C19H17Cl2F2N3O2/c20-14-8-12(9-15(21)17(14)24)25-18(27)10-3-5-26(6-4-10)19(28)13-2-1-11(22)7-16(13)23/h1-2,7-10H,3-6,24H2,(H,25,27). The second kappa shape index (κ2) is 8.32. The number of carbonyl (C=O) groups excluding carboxylic acids is 2. The van der Waals surface area contributed by atoms with E-state index in [1.54, 1.807) is 0 Å². The molecule has 2 aromatic rings. The Kier molecular flexibility index (Phi) is 6.05. The van der Waals surface area contributed by atoms with Crippen molar-refractivity contribution in [2.45, 2.75) is 12.8 Å². The van der Waals surface area contributed by atoms with E-state index in [4.69, 9.17) is 28.9 Å². The van der Waals surface area contributed by atoms with E-state index in [9.17, 15) is 18.4 Å². The summed E-state index contributed by atoms with van der Waals surface area (Å²) >= 11 is 11.9. The van der Waals surface area contributed by atoms with Gasteiger partial charge >= 0.3 is 0 Å². The number of nitrogens with two attached hydrogens (primary N) is 1. The predicted molar refractivity (Wildman–Crippen MR) is 104 cm³/mol. The molecule has 0 aliphatic carbocycles. The highest BCUT2D eigenvalue weighted by atomic mass is 35.5. The SMILES string of the molecule is Nc1c(Cl)cc(NC(=O)C2CCN(C(=O)c3ccc(F)cc3F)CC2)cc1Cl. The molecule has 0 atom stereocenters. The summed E-state index contributed by atoms with van der Waals surface area (Å²) < 4.78 is 26.8. The highest BCUT2D eigenvalue weighted by Crippen LogP contribution is 2.31. The summed E-state index contributed by atoms with van der Waals surface area (Å²) in [6, 6.07) is 5.86. The van der Waals surface area contributed by atoms with E-state index >= 15 is 0 Å². The highest BCUT2D eigenvalue weighted by Gasteiger charge is 2.29. The average Bonchev–Trinajstić information content (AvgIpc) is 2.65. The first-order valence-electron chi connectivity index (χ1n) is 8.56. The first-order valence-corrected chi connectivity index (χ1v) is 9.31. The van der Waals surface area contributed by atoms with E-state index in [2.05, 4.69) is 5.32 Å². The molecule has 28 heavy (non-hydrogen) atoms. The minimum atomic E-state index is -0.901. The summed E-state index contributed by atoms with van der Waals surface area (Å²) in [6.45, 7) is 0.577. The van der Waals surface area contributed by atoms with Gasteiger partial charge in [0, 0.05) is 30.8 Å². The van der Waals surface area contributed by atoms with Crippen LogP contribution in [0.3, 0.4) is 0 Å². The third-order valence-electron chi connectivity index (χ3n) is 4.66. The summed E-state index contributed by atoms with van der Waals surface area (Å²) in [4.78, 5) is 26.4. The Morgan fingerprint density at radius 3 is 2.25 bits per heavy atom. The molecule has 1 heterocycles. The molecule has 3 rings (SSSR count). The average molecular weight is 428 g/mol. The van der Waals surface area contributed by atoms with Crippen LogP contribution in [0.15, 0.2) is 30.3 Å². The van der Waals surface area contributed by atoms with Gasteiger partial charge in [-0.1, -0.05) is 23.2 Å². The Bertz CT molecular complexity index is 908. The van der Waals surface area contributed by atoms with Gasteiger partial charge in [-0.2, -0.15) is 0 Å². The smallest absolute Gasteiger partial charge is 0.256 e. The van der Waals surface area contributed by atoms with Crippen LogP contribution in [-0.2, 0) is 4.79 Å². The molecule has 0 bridgehead atoms. The molecule has 148 valence electrons. The second-order valence-electron chi connectivity index (χ2n) is 6.53. The molecule has 1 aliphatic heterocycles. The van der Waals surface area contributed by atoms with Crippen LogP contribution >= 0.6 is 23.2 Å². The summed E-state index contributed by atoms with van der Waals surface area (Å²) in [6.07, 6.45) is 0.827. The molecule has 3 N–H and O–H groups in total. The van der Waals surface area contributed by atoms with Gasteiger partial charge in [-0.15, -0.1) is 0 Å². The summed E-state index contributed by atoms with van der Waals surface area (Å²) in [5, 5.41) is 3.22. The Morgan fingerprint density at radius 2 is 1.68 bits per heavy atom. The minimum absolute atomic E-state index is 0.185. The summed E-state index contributed by atoms with van der Waals surface area (Å²) in [5.74, 6) is -2.71. The Balaban J connectivity index is 1.60. The molecule has 1 aliphatic rings. The Hall–Kier alpha value is -2.38. The first-order chi connectivity index (χ1) is 13.3. The normalized spacial score (nSPS) is 14.8. The van der Waals surface area contributed by atoms with Crippen molar-refractivity contribution < 1.29 is 18.4 Å². The third kappa shape index (κ3) is 4.36. The van der Waals surface area contributed by atoms with Crippen molar-refractivity contribution in [1.82, 2.24) is 4.90 Å². The van der Waals surface area contributed by atoms with Gasteiger partial charge < -0.3 is 16.0 Å². The van der Waals surface area contributed by atoms with E-state index in [0.29, 0.717) is 24.6 Å². The number of carbonyl (C=O) groups is 2. The van der Waals surface area contributed by atoms with Crippen LogP contribution in [-0.4, -0.2) is 29.8 Å². The van der Waals surface area contributed by atoms with E-state index in [1.807, 2.05) is 0 Å². The Morgan fingerprint density at radius 1 is 1.07 bits per heavy atom. The van der Waals surface area contributed by atoms with Crippen LogP contribution in [0.5, 0.6) is 0 Å². The molecule has 0 radical (unpaired) electrons. The molecule has 2 aromatic carbocycles. The van der Waals surface area contributed by atoms with E-state index in [1.165, 1.54) is 17.0 Å². The van der Waals surface area contributed by atoms with Crippen LogP contribution in [0.25, 0.3) is 0 Å². The van der Waals surface area contributed by atoms with Crippen LogP contribution in [0, 0.1) is 17.6 Å². The molecule has 1 fully saturated rings. The van der Waals surface area contributed by atoms with Crippen molar-refractivity contribution in [3.8, 4) is 0 Å². The molecule has 0 unspecified atom stereocenters. The maximum absolute atomic E-state index is 13.8. The van der Waals surface area contributed by atoms with E-state index < -0.39 is 17.5 Å². The van der Waals surface area contributed by atoms with Crippen molar-refractivity contribution in [2.24, 2.45) is 5.92 Å². The molecule has 0 saturated carbocycles. The molecule has 0 spiro atoms. The zero-order chi connectivity index (χ0) is 20.4. The number of hydrogen-bond acceptors (Lipinski definition) is 3. The quantitative estimate of drug-likeness (QED) is 0.715. The molecular formula is C19H17Cl2F2N3O2. The van der Waals surface area contributed by atoms with Gasteiger partial charge in [0.15, 0.2) is 0 Å². The van der Waals surface area contributed by atoms with Gasteiger partial charge in [0.1, 0.15) is 11.6 Å². The van der Waals surface area contributed by atoms with Gasteiger partial charge in [0.05, 0.1) is 21.3 Å². The number of hydrogen-bond donors (Lipinski definition) is 2. The largest absolute Gasteiger partial charge is 0.396 e. The van der Waals surface area contributed by atoms with Crippen molar-refractivity contribution in [2.75, 3.05) is 24.1 Å². The topological polar surface area (TPSA) is 75.4 Å². The predicted octanol–water partition coefficient (Wildman–Crippen LogP) is 4.34. The number of halogens is 4.